The van der Waals surface area contributed by atoms with Gasteiger partial charge in [-0.05, 0) is 37.1 Å². The van der Waals surface area contributed by atoms with E-state index < -0.39 is 33.7 Å². The Kier molecular flexibility index (Phi) is 4.22. The van der Waals surface area contributed by atoms with Crippen molar-refractivity contribution >= 4 is 11.6 Å². The van der Waals surface area contributed by atoms with Gasteiger partial charge in [0.2, 0.25) is 0 Å². The lowest BCUT2D eigenvalue weighted by Crippen LogP contribution is -2.55. The molecule has 2 aliphatic rings. The minimum absolute atomic E-state index is 0.0684. The summed E-state index contributed by atoms with van der Waals surface area (Å²) in [5, 5.41) is 32.7. The highest BCUT2D eigenvalue weighted by molar-refractivity contribution is 6.09. The van der Waals surface area contributed by atoms with Crippen LogP contribution >= 0.6 is 0 Å². The first-order valence-electron chi connectivity index (χ1n) is 9.47. The zero-order valence-corrected chi connectivity index (χ0v) is 16.3. The summed E-state index contributed by atoms with van der Waals surface area (Å²) in [5.41, 5.74) is -1.83. The maximum Gasteiger partial charge on any atom is 0.278 e. The molecule has 1 aliphatic carbocycles. The van der Waals surface area contributed by atoms with E-state index in [0.29, 0.717) is 22.4 Å². The van der Waals surface area contributed by atoms with E-state index in [9.17, 15) is 25.4 Å². The van der Waals surface area contributed by atoms with Crippen LogP contribution in [0.2, 0.25) is 0 Å². The molecule has 148 valence electrons. The molecular formula is C23H18N4O3. The van der Waals surface area contributed by atoms with Crippen LogP contribution in [0.25, 0.3) is 0 Å². The molecule has 2 aromatic rings. The Morgan fingerprint density at radius 3 is 2.47 bits per heavy atom. The highest BCUT2D eigenvalue weighted by atomic mass is 16.6. The lowest BCUT2D eigenvalue weighted by atomic mass is 9.77. The highest BCUT2D eigenvalue weighted by Crippen LogP contribution is 2.63. The number of nitriles is 2. The number of benzene rings is 2. The second-order valence-corrected chi connectivity index (χ2v) is 7.74. The predicted molar refractivity (Wildman–Crippen MR) is 109 cm³/mol. The summed E-state index contributed by atoms with van der Waals surface area (Å²) in [7, 11) is 0. The normalized spacial score (nSPS) is 25.5. The van der Waals surface area contributed by atoms with Gasteiger partial charge in [0.1, 0.15) is 6.04 Å². The van der Waals surface area contributed by atoms with Crippen LogP contribution in [0.1, 0.15) is 27.9 Å². The van der Waals surface area contributed by atoms with Gasteiger partial charge >= 0.3 is 0 Å². The second kappa shape index (κ2) is 6.53. The molecule has 2 unspecified atom stereocenters. The van der Waals surface area contributed by atoms with Crippen molar-refractivity contribution in [2.45, 2.75) is 24.9 Å². The van der Waals surface area contributed by atoms with Crippen molar-refractivity contribution in [1.82, 2.24) is 0 Å². The monoisotopic (exact) mass is 398 g/mol. The molecule has 4 rings (SSSR count). The molecule has 0 spiro atoms. The Balaban J connectivity index is 2.11. The molecule has 1 amide bonds. The number of carbonyl (C=O) groups excluding carboxylic acids is 1. The molecule has 0 radical (unpaired) electrons. The average molecular weight is 398 g/mol. The fraction of sp³-hybridized carbons (Fsp3) is 0.261. The van der Waals surface area contributed by atoms with Gasteiger partial charge in [-0.15, -0.1) is 6.58 Å². The number of nitrogens with zero attached hydrogens (tertiary/aromatic N) is 4. The number of hydrogen-bond donors (Lipinski definition) is 0. The van der Waals surface area contributed by atoms with Gasteiger partial charge < -0.3 is 0 Å². The Labute approximate surface area is 173 Å². The quantitative estimate of drug-likeness (QED) is 0.444. The van der Waals surface area contributed by atoms with Gasteiger partial charge in [-0.25, -0.2) is 0 Å². The minimum Gasteiger partial charge on any atom is -0.294 e. The van der Waals surface area contributed by atoms with E-state index in [1.165, 1.54) is 11.0 Å². The molecule has 0 saturated heterocycles. The smallest absolute Gasteiger partial charge is 0.278 e. The number of carbonyl (C=O) groups is 1. The van der Waals surface area contributed by atoms with Gasteiger partial charge in [0.25, 0.3) is 11.4 Å². The molecule has 0 aromatic heterocycles. The molecule has 0 bridgehead atoms. The SMILES string of the molecule is C=CC1CC(C#N)(C#N)C2N(C(=O)c3ccccc3)c3c(C)cccc3[C@@]12[N+](=O)[O-]. The third-order valence-electron chi connectivity index (χ3n) is 6.38. The number of rotatable bonds is 3. The molecule has 3 atom stereocenters. The largest absolute Gasteiger partial charge is 0.294 e. The maximum absolute atomic E-state index is 13.6. The van der Waals surface area contributed by atoms with Gasteiger partial charge in [-0.3, -0.25) is 19.8 Å². The summed E-state index contributed by atoms with van der Waals surface area (Å²) >= 11 is 0. The molecular weight excluding hydrogens is 380 g/mol. The van der Waals surface area contributed by atoms with Gasteiger partial charge in [0, 0.05) is 10.5 Å². The summed E-state index contributed by atoms with van der Waals surface area (Å²) in [5.74, 6) is -1.26. The fourth-order valence-corrected chi connectivity index (χ4v) is 5.16. The lowest BCUT2D eigenvalue weighted by molar-refractivity contribution is -0.585. The number of nitro groups is 1. The lowest BCUT2D eigenvalue weighted by Gasteiger charge is -2.32. The third-order valence-corrected chi connectivity index (χ3v) is 6.38. The van der Waals surface area contributed by atoms with Gasteiger partial charge in [-0.1, -0.05) is 36.4 Å². The number of para-hydroxylation sites is 1. The molecule has 1 aliphatic heterocycles. The first kappa shape index (κ1) is 19.4. The van der Waals surface area contributed by atoms with Crippen LogP contribution in [-0.2, 0) is 5.54 Å². The van der Waals surface area contributed by atoms with Crippen molar-refractivity contribution in [1.29, 1.82) is 10.5 Å². The first-order chi connectivity index (χ1) is 14.4. The summed E-state index contributed by atoms with van der Waals surface area (Å²) < 4.78 is 0. The zero-order chi connectivity index (χ0) is 21.7. The van der Waals surface area contributed by atoms with Crippen LogP contribution < -0.4 is 4.90 Å². The molecule has 0 N–H and O–H groups in total. The van der Waals surface area contributed by atoms with E-state index in [1.54, 1.807) is 55.5 Å². The summed E-state index contributed by atoms with van der Waals surface area (Å²) in [6, 6.07) is 16.3. The number of aryl methyl sites for hydroxylation is 1. The van der Waals surface area contributed by atoms with E-state index in [-0.39, 0.29) is 6.42 Å². The van der Waals surface area contributed by atoms with Crippen LogP contribution in [0.4, 0.5) is 5.69 Å². The molecule has 30 heavy (non-hydrogen) atoms. The van der Waals surface area contributed by atoms with E-state index in [4.69, 9.17) is 0 Å². The summed E-state index contributed by atoms with van der Waals surface area (Å²) in [4.78, 5) is 27.2. The first-order valence-corrected chi connectivity index (χ1v) is 9.47. The standard InChI is InChI=1S/C23H18N4O3/c1-3-17-12-22(13-24,14-25)21-23(17,27(29)30)18-11-7-8-15(2)19(18)26(21)20(28)16-9-5-4-6-10-16/h3-11,17,21H,1,12H2,2H3/t17?,21?,23-/m0/s1. The topological polar surface area (TPSA) is 111 Å². The van der Waals surface area contributed by atoms with Crippen LogP contribution in [0.15, 0.2) is 61.2 Å². The molecule has 1 heterocycles. The highest BCUT2D eigenvalue weighted by Gasteiger charge is 2.78. The van der Waals surface area contributed by atoms with Crippen molar-refractivity contribution in [2.24, 2.45) is 11.3 Å². The number of anilines is 1. The summed E-state index contributed by atoms with van der Waals surface area (Å²) in [6.45, 7) is 5.53. The molecule has 7 heteroatoms. The third kappa shape index (κ3) is 2.15. The van der Waals surface area contributed by atoms with E-state index in [2.05, 4.69) is 6.58 Å². The molecule has 7 nitrogen and oxygen atoms in total. The van der Waals surface area contributed by atoms with Crippen molar-refractivity contribution in [3.8, 4) is 12.1 Å². The summed E-state index contributed by atoms with van der Waals surface area (Å²) in [6.07, 6.45) is 1.37. The van der Waals surface area contributed by atoms with E-state index >= 15 is 0 Å². The predicted octanol–water partition coefficient (Wildman–Crippen LogP) is 3.74. The van der Waals surface area contributed by atoms with E-state index in [1.807, 2.05) is 12.1 Å². The average Bonchev–Trinajstić information content (AvgIpc) is 3.25. The van der Waals surface area contributed by atoms with Crippen LogP contribution in [0.5, 0.6) is 0 Å². The number of hydrogen-bond acceptors (Lipinski definition) is 5. The van der Waals surface area contributed by atoms with Gasteiger partial charge in [-0.2, -0.15) is 10.5 Å². The van der Waals surface area contributed by atoms with Gasteiger partial charge in [0.15, 0.2) is 5.41 Å². The molecule has 1 fully saturated rings. The zero-order valence-electron chi connectivity index (χ0n) is 16.3. The Morgan fingerprint density at radius 1 is 1.23 bits per heavy atom. The maximum atomic E-state index is 13.6. The van der Waals surface area contributed by atoms with Crippen molar-refractivity contribution in [3.05, 3.63) is 88.0 Å². The van der Waals surface area contributed by atoms with Crippen LogP contribution in [0.3, 0.4) is 0 Å². The van der Waals surface area contributed by atoms with Crippen molar-refractivity contribution < 1.29 is 9.72 Å². The molecule has 1 saturated carbocycles. The minimum atomic E-state index is -1.82. The van der Waals surface area contributed by atoms with Crippen molar-refractivity contribution in [2.75, 3.05) is 4.90 Å². The number of fused-ring (bicyclic) bond motifs is 3. The van der Waals surface area contributed by atoms with E-state index in [0.717, 1.165) is 0 Å². The number of amides is 1. The fourth-order valence-electron chi connectivity index (χ4n) is 5.16. The van der Waals surface area contributed by atoms with Crippen LogP contribution in [-0.4, -0.2) is 16.9 Å². The second-order valence-electron chi connectivity index (χ2n) is 7.74. The van der Waals surface area contributed by atoms with Crippen molar-refractivity contribution in [3.63, 3.8) is 0 Å². The Bertz CT molecular complexity index is 1150. The van der Waals surface area contributed by atoms with Crippen LogP contribution in [0, 0.1) is 51.0 Å². The Morgan fingerprint density at radius 2 is 1.90 bits per heavy atom. The molecule has 2 aromatic carbocycles. The van der Waals surface area contributed by atoms with Gasteiger partial charge in [0.05, 0.1) is 29.3 Å². The Hall–Kier alpha value is -3.97.